The largest absolute Gasteiger partial charge is 0.461 e. The van der Waals surface area contributed by atoms with E-state index in [-0.39, 0.29) is 6.79 Å². The van der Waals surface area contributed by atoms with E-state index in [1.54, 1.807) is 18.0 Å². The first-order chi connectivity index (χ1) is 11.8. The Hall–Kier alpha value is -1.93. The molecule has 1 aliphatic heterocycles. The molecule has 0 saturated heterocycles. The number of hydrogen-bond donors (Lipinski definition) is 0. The Morgan fingerprint density at radius 3 is 2.83 bits per heavy atom. The third-order valence-corrected chi connectivity index (χ3v) is 5.43. The maximum absolute atomic E-state index is 5.45. The Kier molecular flexibility index (Phi) is 4.24. The first kappa shape index (κ1) is 15.6. The maximum atomic E-state index is 5.45. The van der Waals surface area contributed by atoms with Crippen LogP contribution in [0.1, 0.15) is 12.5 Å². The summed E-state index contributed by atoms with van der Waals surface area (Å²) in [6.07, 6.45) is 1.64. The molecule has 0 fully saturated rings. The van der Waals surface area contributed by atoms with Crippen molar-refractivity contribution in [2.24, 2.45) is 0 Å². The summed E-state index contributed by atoms with van der Waals surface area (Å²) in [4.78, 5) is 0. The van der Waals surface area contributed by atoms with Gasteiger partial charge in [-0.05, 0) is 36.8 Å². The number of halogens is 1. The van der Waals surface area contributed by atoms with Gasteiger partial charge in [0.2, 0.25) is 6.79 Å². The highest BCUT2D eigenvalue weighted by atomic mass is 79.9. The van der Waals surface area contributed by atoms with E-state index in [9.17, 15) is 0 Å². The van der Waals surface area contributed by atoms with Crippen molar-refractivity contribution in [1.29, 1.82) is 0 Å². The van der Waals surface area contributed by atoms with Crippen LogP contribution in [0.3, 0.4) is 0 Å². The molecule has 0 amide bonds. The highest BCUT2D eigenvalue weighted by Crippen LogP contribution is 2.39. The fourth-order valence-electron chi connectivity index (χ4n) is 2.48. The number of hydrogen-bond acceptors (Lipinski definition) is 6. The molecule has 0 unspecified atom stereocenters. The van der Waals surface area contributed by atoms with Crippen LogP contribution >= 0.6 is 27.7 Å². The van der Waals surface area contributed by atoms with Gasteiger partial charge < -0.3 is 13.9 Å². The summed E-state index contributed by atoms with van der Waals surface area (Å²) >= 11 is 5.21. The molecule has 0 aliphatic carbocycles. The molecule has 0 N–H and O–H groups in total. The molecule has 3 aromatic rings. The van der Waals surface area contributed by atoms with Gasteiger partial charge in [-0.1, -0.05) is 27.7 Å². The molecule has 0 bridgehead atoms. The second-order valence-electron chi connectivity index (χ2n) is 5.11. The number of ether oxygens (including phenoxy) is 2. The SMILES string of the molecule is CCn1c(SCc2cc3c(cc2Br)OCO3)nnc1-c1ccco1. The standard InChI is InChI=1S/C16H14BrN3O3S/c1-2-20-15(12-4-3-5-21-12)18-19-16(20)24-8-10-6-13-14(7-11(10)17)23-9-22-13/h3-7H,2,8-9H2,1H3. The van der Waals surface area contributed by atoms with Crippen LogP contribution in [0.5, 0.6) is 11.5 Å². The van der Waals surface area contributed by atoms with Gasteiger partial charge in [-0.3, -0.25) is 4.57 Å². The fraction of sp³-hybridized carbons (Fsp3) is 0.250. The summed E-state index contributed by atoms with van der Waals surface area (Å²) in [6, 6.07) is 7.68. The van der Waals surface area contributed by atoms with Crippen LogP contribution in [0.2, 0.25) is 0 Å². The lowest BCUT2D eigenvalue weighted by atomic mass is 10.2. The average molecular weight is 408 g/mol. The van der Waals surface area contributed by atoms with E-state index in [2.05, 4.69) is 33.1 Å². The van der Waals surface area contributed by atoms with Gasteiger partial charge in [-0.2, -0.15) is 0 Å². The number of benzene rings is 1. The van der Waals surface area contributed by atoms with Gasteiger partial charge >= 0.3 is 0 Å². The van der Waals surface area contributed by atoms with Gasteiger partial charge in [0.05, 0.1) is 6.26 Å². The van der Waals surface area contributed by atoms with Crippen LogP contribution in [-0.2, 0) is 12.3 Å². The molecule has 0 radical (unpaired) electrons. The molecule has 1 aliphatic rings. The number of thioether (sulfide) groups is 1. The van der Waals surface area contributed by atoms with Crippen molar-refractivity contribution >= 4 is 27.7 Å². The van der Waals surface area contributed by atoms with E-state index in [1.165, 1.54) is 0 Å². The summed E-state index contributed by atoms with van der Waals surface area (Å²) in [5, 5.41) is 9.42. The average Bonchev–Trinajstić information content (AvgIpc) is 3.31. The van der Waals surface area contributed by atoms with Crippen molar-refractivity contribution in [2.45, 2.75) is 24.4 Å². The molecule has 124 valence electrons. The van der Waals surface area contributed by atoms with Crippen LogP contribution in [0, 0.1) is 0 Å². The molecule has 4 rings (SSSR count). The smallest absolute Gasteiger partial charge is 0.231 e. The molecule has 6 nitrogen and oxygen atoms in total. The first-order valence-corrected chi connectivity index (χ1v) is 9.22. The van der Waals surface area contributed by atoms with Gasteiger partial charge in [0.15, 0.2) is 28.2 Å². The highest BCUT2D eigenvalue weighted by molar-refractivity contribution is 9.10. The number of fused-ring (bicyclic) bond motifs is 1. The molecule has 0 saturated carbocycles. The van der Waals surface area contributed by atoms with Crippen LogP contribution < -0.4 is 9.47 Å². The molecule has 0 spiro atoms. The molecule has 24 heavy (non-hydrogen) atoms. The second-order valence-corrected chi connectivity index (χ2v) is 6.91. The zero-order valence-corrected chi connectivity index (χ0v) is 15.3. The molecular formula is C16H14BrN3O3S. The molecule has 3 heterocycles. The van der Waals surface area contributed by atoms with Gasteiger partial charge in [0.1, 0.15) is 0 Å². The Labute approximate surface area is 151 Å². The lowest BCUT2D eigenvalue weighted by Gasteiger charge is -2.08. The summed E-state index contributed by atoms with van der Waals surface area (Å²) in [5.41, 5.74) is 1.12. The van der Waals surface area contributed by atoms with Crippen molar-refractivity contribution in [3.63, 3.8) is 0 Å². The monoisotopic (exact) mass is 407 g/mol. The van der Waals surface area contributed by atoms with Crippen LogP contribution in [0.15, 0.2) is 44.6 Å². The normalized spacial score (nSPS) is 12.8. The third kappa shape index (κ3) is 2.80. The van der Waals surface area contributed by atoms with E-state index in [0.29, 0.717) is 0 Å². The number of nitrogens with zero attached hydrogens (tertiary/aromatic N) is 3. The predicted octanol–water partition coefficient (Wildman–Crippen LogP) is 4.34. The van der Waals surface area contributed by atoms with Crippen molar-refractivity contribution in [3.8, 4) is 23.1 Å². The van der Waals surface area contributed by atoms with Crippen molar-refractivity contribution in [2.75, 3.05) is 6.79 Å². The van der Waals surface area contributed by atoms with E-state index < -0.39 is 0 Å². The van der Waals surface area contributed by atoms with Gasteiger partial charge in [0.25, 0.3) is 0 Å². The van der Waals surface area contributed by atoms with Crippen LogP contribution in [0.25, 0.3) is 11.6 Å². The summed E-state index contributed by atoms with van der Waals surface area (Å²) in [7, 11) is 0. The highest BCUT2D eigenvalue weighted by Gasteiger charge is 2.18. The predicted molar refractivity (Wildman–Crippen MR) is 93.2 cm³/mol. The Bertz CT molecular complexity index is 864. The lowest BCUT2D eigenvalue weighted by Crippen LogP contribution is -1.99. The Morgan fingerprint density at radius 2 is 2.08 bits per heavy atom. The zero-order chi connectivity index (χ0) is 16.5. The Balaban J connectivity index is 1.56. The molecule has 0 atom stereocenters. The van der Waals surface area contributed by atoms with Crippen LogP contribution in [0.4, 0.5) is 0 Å². The maximum Gasteiger partial charge on any atom is 0.231 e. The topological polar surface area (TPSA) is 62.3 Å². The lowest BCUT2D eigenvalue weighted by molar-refractivity contribution is 0.174. The number of aromatic nitrogens is 3. The fourth-order valence-corrected chi connectivity index (χ4v) is 4.12. The van der Waals surface area contributed by atoms with E-state index in [4.69, 9.17) is 13.9 Å². The molecule has 1 aromatic carbocycles. The minimum absolute atomic E-state index is 0.273. The third-order valence-electron chi connectivity index (χ3n) is 3.67. The van der Waals surface area contributed by atoms with Crippen molar-refractivity contribution in [1.82, 2.24) is 14.8 Å². The van der Waals surface area contributed by atoms with Crippen LogP contribution in [-0.4, -0.2) is 21.6 Å². The van der Waals surface area contributed by atoms with Gasteiger partial charge in [-0.25, -0.2) is 0 Å². The number of furan rings is 1. The molecule has 2 aromatic heterocycles. The zero-order valence-electron chi connectivity index (χ0n) is 12.9. The van der Waals surface area contributed by atoms with Gasteiger partial charge in [-0.15, -0.1) is 10.2 Å². The second kappa shape index (κ2) is 6.52. The van der Waals surface area contributed by atoms with Gasteiger partial charge in [0, 0.05) is 16.8 Å². The van der Waals surface area contributed by atoms with Crippen molar-refractivity contribution < 1.29 is 13.9 Å². The summed E-state index contributed by atoms with van der Waals surface area (Å²) < 4.78 is 19.3. The Morgan fingerprint density at radius 1 is 1.25 bits per heavy atom. The first-order valence-electron chi connectivity index (χ1n) is 7.44. The van der Waals surface area contributed by atoms with E-state index in [0.717, 1.165) is 50.6 Å². The van der Waals surface area contributed by atoms with Crippen molar-refractivity contribution in [3.05, 3.63) is 40.6 Å². The van der Waals surface area contributed by atoms with E-state index >= 15 is 0 Å². The summed E-state index contributed by atoms with van der Waals surface area (Å²) in [5.74, 6) is 3.76. The van der Waals surface area contributed by atoms with E-state index in [1.807, 2.05) is 28.8 Å². The molecular weight excluding hydrogens is 394 g/mol. The molecule has 8 heteroatoms. The summed E-state index contributed by atoms with van der Waals surface area (Å²) in [6.45, 7) is 3.11. The minimum atomic E-state index is 0.273. The quantitative estimate of drug-likeness (QED) is 0.586. The minimum Gasteiger partial charge on any atom is -0.461 e. The number of rotatable bonds is 5.